The molecule has 21 heavy (non-hydrogen) atoms. The van der Waals surface area contributed by atoms with Gasteiger partial charge in [0, 0.05) is 0 Å². The van der Waals surface area contributed by atoms with E-state index in [1.807, 2.05) is 0 Å². The van der Waals surface area contributed by atoms with Crippen LogP contribution in [0.4, 0.5) is 0 Å². The zero-order valence-corrected chi connectivity index (χ0v) is 11.7. The Bertz CT molecular complexity index is 340. The molecule has 0 aromatic carbocycles. The predicted octanol–water partition coefficient (Wildman–Crippen LogP) is -3.34. The van der Waals surface area contributed by atoms with Crippen molar-refractivity contribution in [2.24, 2.45) is 0 Å². The maximum absolute atomic E-state index is 9.96. The van der Waals surface area contributed by atoms with E-state index in [-0.39, 0.29) is 0 Å². The van der Waals surface area contributed by atoms with E-state index in [4.69, 9.17) is 14.2 Å². The van der Waals surface area contributed by atoms with Gasteiger partial charge in [-0.3, -0.25) is 0 Å². The number of ether oxygens (including phenoxy) is 3. The molecule has 2 aliphatic heterocycles. The second-order valence-electron chi connectivity index (χ2n) is 5.50. The smallest absolute Gasteiger partial charge is 0.187 e. The van der Waals surface area contributed by atoms with Gasteiger partial charge in [-0.2, -0.15) is 0 Å². The molecule has 2 fully saturated rings. The Kier molecular flexibility index (Phi) is 5.19. The average Bonchev–Trinajstić information content (AvgIpc) is 2.44. The number of rotatable bonds is 2. The molecule has 0 saturated carbocycles. The van der Waals surface area contributed by atoms with Crippen LogP contribution >= 0.6 is 0 Å². The van der Waals surface area contributed by atoms with Crippen LogP contribution in [0.1, 0.15) is 13.8 Å². The van der Waals surface area contributed by atoms with Gasteiger partial charge in [0.05, 0.1) is 12.2 Å². The summed E-state index contributed by atoms with van der Waals surface area (Å²) in [6.07, 6.45) is -13.0. The molecular weight excluding hydrogens is 288 g/mol. The van der Waals surface area contributed by atoms with Crippen molar-refractivity contribution in [1.29, 1.82) is 0 Å². The van der Waals surface area contributed by atoms with Gasteiger partial charge in [-0.1, -0.05) is 0 Å². The largest absolute Gasteiger partial charge is 0.388 e. The van der Waals surface area contributed by atoms with Crippen LogP contribution in [0, 0.1) is 0 Å². The number of hydrogen-bond acceptors (Lipinski definition) is 9. The van der Waals surface area contributed by atoms with Gasteiger partial charge in [-0.05, 0) is 13.8 Å². The Morgan fingerprint density at radius 2 is 1.24 bits per heavy atom. The molecule has 2 aliphatic rings. The van der Waals surface area contributed by atoms with Gasteiger partial charge in [0.2, 0.25) is 0 Å². The quantitative estimate of drug-likeness (QED) is 0.308. The monoisotopic (exact) mass is 310 g/mol. The van der Waals surface area contributed by atoms with Gasteiger partial charge < -0.3 is 44.8 Å². The summed E-state index contributed by atoms with van der Waals surface area (Å²) in [6, 6.07) is 0. The molecule has 0 unspecified atom stereocenters. The normalized spacial score (nSPS) is 55.4. The Morgan fingerprint density at radius 1 is 0.667 bits per heavy atom. The Hall–Kier alpha value is -0.360. The first-order chi connectivity index (χ1) is 9.73. The van der Waals surface area contributed by atoms with Crippen LogP contribution in [-0.2, 0) is 14.2 Å². The summed E-state index contributed by atoms with van der Waals surface area (Å²) in [4.78, 5) is 0. The molecule has 2 heterocycles. The van der Waals surface area contributed by atoms with Crippen LogP contribution in [0.3, 0.4) is 0 Å². The topological polar surface area (TPSA) is 149 Å². The molecule has 2 rings (SSSR count). The van der Waals surface area contributed by atoms with Crippen molar-refractivity contribution in [2.75, 3.05) is 0 Å². The molecule has 6 N–H and O–H groups in total. The minimum Gasteiger partial charge on any atom is -0.388 e. The molecule has 0 aromatic heterocycles. The molecule has 0 spiro atoms. The first kappa shape index (κ1) is 17.0. The minimum atomic E-state index is -1.56. The molecule has 0 bridgehead atoms. The molecule has 0 aromatic rings. The summed E-state index contributed by atoms with van der Waals surface area (Å²) >= 11 is 0. The molecule has 9 nitrogen and oxygen atoms in total. The summed E-state index contributed by atoms with van der Waals surface area (Å²) in [5.74, 6) is 0. The highest BCUT2D eigenvalue weighted by Crippen LogP contribution is 2.28. The predicted molar refractivity (Wildman–Crippen MR) is 65.8 cm³/mol. The highest BCUT2D eigenvalue weighted by atomic mass is 16.7. The fourth-order valence-electron chi connectivity index (χ4n) is 2.45. The summed E-state index contributed by atoms with van der Waals surface area (Å²) in [5, 5.41) is 58.4. The molecule has 0 radical (unpaired) electrons. The van der Waals surface area contributed by atoms with E-state index >= 15 is 0 Å². The van der Waals surface area contributed by atoms with E-state index < -0.39 is 61.4 Å². The van der Waals surface area contributed by atoms with Crippen molar-refractivity contribution in [3.63, 3.8) is 0 Å². The third-order valence-corrected chi connectivity index (χ3v) is 3.90. The van der Waals surface area contributed by atoms with Crippen molar-refractivity contribution in [2.45, 2.75) is 75.3 Å². The maximum atomic E-state index is 9.96. The average molecular weight is 310 g/mol. The van der Waals surface area contributed by atoms with Crippen LogP contribution in [0.25, 0.3) is 0 Å². The van der Waals surface area contributed by atoms with Crippen molar-refractivity contribution in [3.8, 4) is 0 Å². The molecule has 10 atom stereocenters. The first-order valence-electron chi connectivity index (χ1n) is 6.78. The van der Waals surface area contributed by atoms with Crippen LogP contribution in [0.15, 0.2) is 0 Å². The zero-order valence-electron chi connectivity index (χ0n) is 11.7. The summed E-state index contributed by atoms with van der Waals surface area (Å²) in [5.41, 5.74) is 0. The minimum absolute atomic E-state index is 0.804. The Labute approximate surface area is 121 Å². The van der Waals surface area contributed by atoms with Crippen LogP contribution in [-0.4, -0.2) is 92.1 Å². The van der Waals surface area contributed by atoms with Gasteiger partial charge in [0.1, 0.15) is 36.6 Å². The molecule has 124 valence electrons. The van der Waals surface area contributed by atoms with E-state index in [0.29, 0.717) is 0 Å². The lowest BCUT2D eigenvalue weighted by Crippen LogP contribution is -2.63. The van der Waals surface area contributed by atoms with Crippen molar-refractivity contribution in [3.05, 3.63) is 0 Å². The van der Waals surface area contributed by atoms with Crippen molar-refractivity contribution in [1.82, 2.24) is 0 Å². The second-order valence-corrected chi connectivity index (χ2v) is 5.50. The van der Waals surface area contributed by atoms with Crippen molar-refractivity contribution >= 4 is 0 Å². The SMILES string of the molecule is C[C@@H]1O[C@@H](O[C@@H]2[C@@H](O)[C@H](O)O[C@H](C)[C@@H]2O)[C@H](O)[C@H](O)[C@H]1O. The first-order valence-corrected chi connectivity index (χ1v) is 6.78. The molecular formula is C12H22O9. The number of aliphatic hydroxyl groups excluding tert-OH is 6. The fraction of sp³-hybridized carbons (Fsp3) is 1.00. The van der Waals surface area contributed by atoms with Crippen LogP contribution in [0.5, 0.6) is 0 Å². The third kappa shape index (κ3) is 3.21. The van der Waals surface area contributed by atoms with E-state index in [2.05, 4.69) is 0 Å². The molecule has 2 saturated heterocycles. The lowest BCUT2D eigenvalue weighted by Gasteiger charge is -2.44. The maximum Gasteiger partial charge on any atom is 0.187 e. The number of aliphatic hydroxyl groups is 6. The summed E-state index contributed by atoms with van der Waals surface area (Å²) in [7, 11) is 0. The van der Waals surface area contributed by atoms with E-state index in [1.165, 1.54) is 13.8 Å². The van der Waals surface area contributed by atoms with Gasteiger partial charge in [-0.25, -0.2) is 0 Å². The molecule has 9 heteroatoms. The zero-order chi connectivity index (χ0) is 15.9. The second kappa shape index (κ2) is 6.41. The van der Waals surface area contributed by atoms with Gasteiger partial charge in [0.15, 0.2) is 12.6 Å². The van der Waals surface area contributed by atoms with Crippen LogP contribution in [0.2, 0.25) is 0 Å². The van der Waals surface area contributed by atoms with Crippen LogP contribution < -0.4 is 0 Å². The highest BCUT2D eigenvalue weighted by Gasteiger charge is 2.48. The van der Waals surface area contributed by atoms with Crippen molar-refractivity contribution < 1.29 is 44.8 Å². The summed E-state index contributed by atoms with van der Waals surface area (Å²) < 4.78 is 15.4. The van der Waals surface area contributed by atoms with Gasteiger partial charge in [0.25, 0.3) is 0 Å². The Balaban J connectivity index is 2.08. The van der Waals surface area contributed by atoms with Gasteiger partial charge >= 0.3 is 0 Å². The van der Waals surface area contributed by atoms with E-state index in [9.17, 15) is 30.6 Å². The fourth-order valence-corrected chi connectivity index (χ4v) is 2.45. The van der Waals surface area contributed by atoms with Gasteiger partial charge in [-0.15, -0.1) is 0 Å². The van der Waals surface area contributed by atoms with E-state index in [0.717, 1.165) is 0 Å². The lowest BCUT2D eigenvalue weighted by molar-refractivity contribution is -0.349. The highest BCUT2D eigenvalue weighted by molar-refractivity contribution is 4.92. The lowest BCUT2D eigenvalue weighted by atomic mass is 9.97. The summed E-state index contributed by atoms with van der Waals surface area (Å²) in [6.45, 7) is 2.96. The third-order valence-electron chi connectivity index (χ3n) is 3.90. The van der Waals surface area contributed by atoms with E-state index in [1.54, 1.807) is 0 Å². The molecule has 0 aliphatic carbocycles. The number of hydrogen-bond donors (Lipinski definition) is 6. The Morgan fingerprint density at radius 3 is 1.86 bits per heavy atom. The molecule has 0 amide bonds. The standard InChI is InChI=1S/C12H22O9/c1-3-5(13)7(15)8(16)12(20-3)21-10-6(14)4(2)19-11(18)9(10)17/h3-18H,1-2H3/t3-,4+,5-,6-,7+,8+,9+,10-,11+,12-/m0/s1.